The van der Waals surface area contributed by atoms with Crippen molar-refractivity contribution in [3.8, 4) is 0 Å². The molecule has 1 aliphatic rings. The minimum atomic E-state index is 0.575. The molecule has 0 radical (unpaired) electrons. The molecular weight excluding hydrogens is 202 g/mol. The Morgan fingerprint density at radius 3 is 3.06 bits per heavy atom. The van der Waals surface area contributed by atoms with Gasteiger partial charge in [-0.25, -0.2) is 4.98 Å². The Kier molecular flexibility index (Phi) is 3.29. The smallest absolute Gasteiger partial charge is 0.151 e. The van der Waals surface area contributed by atoms with Crippen LogP contribution in [-0.4, -0.2) is 31.8 Å². The van der Waals surface area contributed by atoms with Crippen LogP contribution < -0.4 is 10.6 Å². The predicted molar refractivity (Wildman–Crippen MR) is 65.4 cm³/mol. The zero-order valence-electron chi connectivity index (χ0n) is 9.89. The number of ether oxygens (including phenoxy) is 1. The molecule has 1 aromatic rings. The molecule has 4 nitrogen and oxygen atoms in total. The maximum absolute atomic E-state index is 5.93. The van der Waals surface area contributed by atoms with Crippen LogP contribution in [0.4, 0.5) is 11.5 Å². The molecule has 2 rings (SSSR count). The van der Waals surface area contributed by atoms with Crippen LogP contribution in [0.5, 0.6) is 0 Å². The molecule has 0 aliphatic carbocycles. The Hall–Kier alpha value is -1.29. The zero-order valence-corrected chi connectivity index (χ0v) is 9.89. The maximum atomic E-state index is 5.93. The van der Waals surface area contributed by atoms with Crippen LogP contribution in [0.2, 0.25) is 0 Å². The van der Waals surface area contributed by atoms with Gasteiger partial charge in [-0.2, -0.15) is 0 Å². The molecule has 88 valence electrons. The van der Waals surface area contributed by atoms with Gasteiger partial charge < -0.3 is 15.4 Å². The lowest BCUT2D eigenvalue weighted by Crippen LogP contribution is -2.23. The van der Waals surface area contributed by atoms with E-state index in [4.69, 9.17) is 10.5 Å². The number of hydrogen-bond acceptors (Lipinski definition) is 4. The van der Waals surface area contributed by atoms with Gasteiger partial charge in [0, 0.05) is 32.3 Å². The van der Waals surface area contributed by atoms with E-state index in [2.05, 4.69) is 16.8 Å². The monoisotopic (exact) mass is 221 g/mol. The van der Waals surface area contributed by atoms with Crippen molar-refractivity contribution in [2.24, 2.45) is 11.8 Å². The average Bonchev–Trinajstić information content (AvgIpc) is 2.61. The number of nitrogens with zero attached hydrogens (tertiary/aromatic N) is 2. The van der Waals surface area contributed by atoms with E-state index in [1.165, 1.54) is 0 Å². The van der Waals surface area contributed by atoms with E-state index in [0.717, 1.165) is 31.2 Å². The number of nitrogens with two attached hydrogens (primary N) is 1. The van der Waals surface area contributed by atoms with Gasteiger partial charge in [-0.15, -0.1) is 0 Å². The Bertz CT molecular complexity index is 356. The molecule has 1 aromatic heterocycles. The number of rotatable bonds is 3. The minimum absolute atomic E-state index is 0.575. The molecule has 2 atom stereocenters. The minimum Gasteiger partial charge on any atom is -0.396 e. The summed E-state index contributed by atoms with van der Waals surface area (Å²) in [4.78, 5) is 6.60. The molecular formula is C12H19N3O. The predicted octanol–water partition coefficient (Wildman–Crippen LogP) is 1.38. The first-order valence-corrected chi connectivity index (χ1v) is 5.66. The third-order valence-corrected chi connectivity index (χ3v) is 3.27. The first-order valence-electron chi connectivity index (χ1n) is 5.66. The second-order valence-corrected chi connectivity index (χ2v) is 4.51. The molecule has 0 spiro atoms. The van der Waals surface area contributed by atoms with Crippen LogP contribution in [0.3, 0.4) is 0 Å². The van der Waals surface area contributed by atoms with Crippen LogP contribution in [-0.2, 0) is 4.74 Å². The van der Waals surface area contributed by atoms with Crippen molar-refractivity contribution >= 4 is 11.5 Å². The fraction of sp³-hybridized carbons (Fsp3) is 0.583. The van der Waals surface area contributed by atoms with E-state index in [1.807, 2.05) is 12.1 Å². The normalized spacial score (nSPS) is 25.0. The van der Waals surface area contributed by atoms with E-state index in [0.29, 0.717) is 11.8 Å². The molecule has 0 unspecified atom stereocenters. The molecule has 2 heterocycles. The van der Waals surface area contributed by atoms with E-state index in [-0.39, 0.29) is 0 Å². The van der Waals surface area contributed by atoms with Crippen molar-refractivity contribution in [2.45, 2.75) is 6.92 Å². The Morgan fingerprint density at radius 2 is 2.38 bits per heavy atom. The van der Waals surface area contributed by atoms with Crippen LogP contribution >= 0.6 is 0 Å². The van der Waals surface area contributed by atoms with Gasteiger partial charge in [-0.05, 0) is 18.1 Å². The summed E-state index contributed by atoms with van der Waals surface area (Å²) in [6.45, 7) is 5.05. The lowest BCUT2D eigenvalue weighted by molar-refractivity contribution is 0.144. The van der Waals surface area contributed by atoms with Crippen molar-refractivity contribution < 1.29 is 4.74 Å². The van der Waals surface area contributed by atoms with Crippen LogP contribution in [0.1, 0.15) is 6.92 Å². The van der Waals surface area contributed by atoms with Crippen molar-refractivity contribution in [1.82, 2.24) is 4.98 Å². The van der Waals surface area contributed by atoms with E-state index < -0.39 is 0 Å². The number of hydrogen-bond donors (Lipinski definition) is 1. The molecule has 1 fully saturated rings. The summed E-state index contributed by atoms with van der Waals surface area (Å²) in [6, 6.07) is 3.77. The fourth-order valence-electron chi connectivity index (χ4n) is 2.31. The maximum Gasteiger partial charge on any atom is 0.151 e. The first-order chi connectivity index (χ1) is 7.72. The molecule has 1 saturated heterocycles. The van der Waals surface area contributed by atoms with Gasteiger partial charge >= 0.3 is 0 Å². The summed E-state index contributed by atoms with van der Waals surface area (Å²) in [6.07, 6.45) is 1.79. The highest BCUT2D eigenvalue weighted by molar-refractivity contribution is 5.62. The highest BCUT2D eigenvalue weighted by Gasteiger charge is 2.30. The summed E-state index contributed by atoms with van der Waals surface area (Å²) >= 11 is 0. The molecule has 0 amide bonds. The first kappa shape index (κ1) is 11.2. The van der Waals surface area contributed by atoms with Crippen molar-refractivity contribution in [2.75, 3.05) is 37.4 Å². The van der Waals surface area contributed by atoms with Crippen molar-refractivity contribution in [3.05, 3.63) is 18.3 Å². The van der Waals surface area contributed by atoms with E-state index in [9.17, 15) is 0 Å². The van der Waals surface area contributed by atoms with Crippen LogP contribution in [0.15, 0.2) is 18.3 Å². The Balaban J connectivity index is 2.11. The molecule has 0 bridgehead atoms. The highest BCUT2D eigenvalue weighted by Crippen LogP contribution is 2.29. The third-order valence-electron chi connectivity index (χ3n) is 3.27. The molecule has 4 heteroatoms. The largest absolute Gasteiger partial charge is 0.396 e. The number of nitrogen functional groups attached to an aromatic ring is 1. The summed E-state index contributed by atoms with van der Waals surface area (Å²) < 4.78 is 5.23. The SMILES string of the molecule is COC[C@@H]1CN(c2ncccc2N)C[C@H]1C. The van der Waals surface area contributed by atoms with Gasteiger partial charge in [-0.3, -0.25) is 0 Å². The summed E-state index contributed by atoms with van der Waals surface area (Å²) in [5.74, 6) is 2.11. The fourth-order valence-corrected chi connectivity index (χ4v) is 2.31. The van der Waals surface area contributed by atoms with Gasteiger partial charge in [0.05, 0.1) is 12.3 Å². The lowest BCUT2D eigenvalue weighted by Gasteiger charge is -2.18. The van der Waals surface area contributed by atoms with E-state index in [1.54, 1.807) is 13.3 Å². The quantitative estimate of drug-likeness (QED) is 0.838. The number of anilines is 2. The summed E-state index contributed by atoms with van der Waals surface area (Å²) in [7, 11) is 1.75. The van der Waals surface area contributed by atoms with Gasteiger partial charge in [0.15, 0.2) is 5.82 Å². The van der Waals surface area contributed by atoms with Crippen LogP contribution in [0, 0.1) is 11.8 Å². The third kappa shape index (κ3) is 2.11. The molecule has 0 aromatic carbocycles. The molecule has 16 heavy (non-hydrogen) atoms. The molecule has 1 aliphatic heterocycles. The second kappa shape index (κ2) is 4.70. The lowest BCUT2D eigenvalue weighted by atomic mass is 10.00. The summed E-state index contributed by atoms with van der Waals surface area (Å²) in [5, 5.41) is 0. The number of methoxy groups -OCH3 is 1. The number of aromatic nitrogens is 1. The van der Waals surface area contributed by atoms with Crippen LogP contribution in [0.25, 0.3) is 0 Å². The Labute approximate surface area is 96.4 Å². The van der Waals surface area contributed by atoms with E-state index >= 15 is 0 Å². The standard InChI is InChI=1S/C12H19N3O/c1-9-6-15(7-10(9)8-16-2)12-11(13)4-3-5-14-12/h3-5,9-10H,6-8,13H2,1-2H3/t9-,10+/m1/s1. The second-order valence-electron chi connectivity index (χ2n) is 4.51. The van der Waals surface area contributed by atoms with Gasteiger partial charge in [-0.1, -0.05) is 6.92 Å². The zero-order chi connectivity index (χ0) is 11.5. The summed E-state index contributed by atoms with van der Waals surface area (Å²) in [5.41, 5.74) is 6.69. The highest BCUT2D eigenvalue weighted by atomic mass is 16.5. The van der Waals surface area contributed by atoms with Gasteiger partial charge in [0.2, 0.25) is 0 Å². The van der Waals surface area contributed by atoms with Crippen molar-refractivity contribution in [3.63, 3.8) is 0 Å². The number of pyridine rings is 1. The van der Waals surface area contributed by atoms with Gasteiger partial charge in [0.1, 0.15) is 0 Å². The Morgan fingerprint density at radius 1 is 1.56 bits per heavy atom. The van der Waals surface area contributed by atoms with Crippen molar-refractivity contribution in [1.29, 1.82) is 0 Å². The average molecular weight is 221 g/mol. The molecule has 2 N–H and O–H groups in total. The molecule has 0 saturated carbocycles. The topological polar surface area (TPSA) is 51.4 Å². The van der Waals surface area contributed by atoms with Gasteiger partial charge in [0.25, 0.3) is 0 Å².